The maximum absolute atomic E-state index is 11.4. The topological polar surface area (TPSA) is 89.7 Å². The van der Waals surface area contributed by atoms with Crippen molar-refractivity contribution in [3.63, 3.8) is 0 Å². The van der Waals surface area contributed by atoms with Gasteiger partial charge >= 0.3 is 5.97 Å². The average Bonchev–Trinajstić information content (AvgIpc) is 2.53. The van der Waals surface area contributed by atoms with E-state index in [0.29, 0.717) is 11.3 Å². The summed E-state index contributed by atoms with van der Waals surface area (Å²) in [6.45, 7) is 0. The standard InChI is InChI=1S/C15H18ClNO5/c1-22-12-8-10(14(16)15(18)19)7-11(17(20)21)13(12)9-5-3-2-4-6-9/h7-9,14H,2-6H2,1H3,(H,18,19). The van der Waals surface area contributed by atoms with Crippen molar-refractivity contribution in [3.8, 4) is 5.75 Å². The molecule has 1 aromatic carbocycles. The zero-order chi connectivity index (χ0) is 16.3. The Morgan fingerprint density at radius 1 is 1.41 bits per heavy atom. The Balaban J connectivity index is 2.55. The maximum atomic E-state index is 11.4. The smallest absolute Gasteiger partial charge is 0.326 e. The number of hydrogen-bond donors (Lipinski definition) is 1. The highest BCUT2D eigenvalue weighted by molar-refractivity contribution is 6.29. The zero-order valence-corrected chi connectivity index (χ0v) is 13.0. The third-order valence-electron chi connectivity index (χ3n) is 4.08. The third-order valence-corrected chi connectivity index (χ3v) is 4.52. The Labute approximate surface area is 133 Å². The Morgan fingerprint density at radius 2 is 2.05 bits per heavy atom. The molecule has 0 amide bonds. The van der Waals surface area contributed by atoms with Crippen LogP contribution in [0.5, 0.6) is 5.75 Å². The number of nitro groups is 1. The minimum Gasteiger partial charge on any atom is -0.496 e. The first kappa shape index (κ1) is 16.5. The van der Waals surface area contributed by atoms with Crippen molar-refractivity contribution in [1.82, 2.24) is 0 Å². The van der Waals surface area contributed by atoms with Crippen LogP contribution in [0.1, 0.15) is 54.5 Å². The fourth-order valence-corrected chi connectivity index (χ4v) is 3.17. The highest BCUT2D eigenvalue weighted by atomic mass is 35.5. The van der Waals surface area contributed by atoms with Gasteiger partial charge < -0.3 is 9.84 Å². The molecule has 1 aromatic rings. The summed E-state index contributed by atoms with van der Waals surface area (Å²) in [6, 6.07) is 2.76. The van der Waals surface area contributed by atoms with Crippen LogP contribution in [0.3, 0.4) is 0 Å². The minimum absolute atomic E-state index is 0.0664. The van der Waals surface area contributed by atoms with Gasteiger partial charge in [0.25, 0.3) is 5.69 Å². The van der Waals surface area contributed by atoms with Crippen LogP contribution in [0.15, 0.2) is 12.1 Å². The molecule has 1 N–H and O–H groups in total. The number of alkyl halides is 1. The van der Waals surface area contributed by atoms with E-state index in [-0.39, 0.29) is 17.2 Å². The Morgan fingerprint density at radius 3 is 2.55 bits per heavy atom. The Kier molecular flexibility index (Phi) is 5.24. The second-order valence-corrected chi connectivity index (χ2v) is 5.89. The van der Waals surface area contributed by atoms with E-state index in [1.54, 1.807) is 0 Å². The molecule has 1 atom stereocenters. The fraction of sp³-hybridized carbons (Fsp3) is 0.533. The SMILES string of the molecule is COc1cc(C(Cl)C(=O)O)cc([N+](=O)[O-])c1C1CCCCC1. The summed E-state index contributed by atoms with van der Waals surface area (Å²) in [5.41, 5.74) is 0.621. The third kappa shape index (κ3) is 3.32. The molecule has 6 nitrogen and oxygen atoms in total. The molecule has 1 saturated carbocycles. The van der Waals surface area contributed by atoms with Crippen molar-refractivity contribution < 1.29 is 19.6 Å². The van der Waals surface area contributed by atoms with Gasteiger partial charge in [0.1, 0.15) is 5.75 Å². The highest BCUT2D eigenvalue weighted by Crippen LogP contribution is 2.44. The van der Waals surface area contributed by atoms with E-state index >= 15 is 0 Å². The first-order valence-corrected chi connectivity index (χ1v) is 7.62. The molecule has 7 heteroatoms. The summed E-state index contributed by atoms with van der Waals surface area (Å²) in [5.74, 6) is -0.830. The van der Waals surface area contributed by atoms with Gasteiger partial charge in [-0.25, -0.2) is 0 Å². The molecule has 1 aliphatic carbocycles. The van der Waals surface area contributed by atoms with Crippen LogP contribution in [0.4, 0.5) is 5.69 Å². The number of ether oxygens (including phenoxy) is 1. The second-order valence-electron chi connectivity index (χ2n) is 5.45. The van der Waals surface area contributed by atoms with Crippen molar-refractivity contribution in [1.29, 1.82) is 0 Å². The monoisotopic (exact) mass is 327 g/mol. The number of benzene rings is 1. The van der Waals surface area contributed by atoms with Gasteiger partial charge in [0.05, 0.1) is 17.6 Å². The lowest BCUT2D eigenvalue weighted by molar-refractivity contribution is -0.385. The van der Waals surface area contributed by atoms with Crippen LogP contribution >= 0.6 is 11.6 Å². The molecule has 2 rings (SSSR count). The van der Waals surface area contributed by atoms with Crippen LogP contribution in [0, 0.1) is 10.1 Å². The predicted molar refractivity (Wildman–Crippen MR) is 81.7 cm³/mol. The second kappa shape index (κ2) is 6.96. The summed E-state index contributed by atoms with van der Waals surface area (Å²) in [7, 11) is 1.43. The average molecular weight is 328 g/mol. The van der Waals surface area contributed by atoms with Gasteiger partial charge in [0.2, 0.25) is 0 Å². The lowest BCUT2D eigenvalue weighted by Crippen LogP contribution is -2.11. The number of hydrogen-bond acceptors (Lipinski definition) is 4. The van der Waals surface area contributed by atoms with E-state index in [4.69, 9.17) is 21.4 Å². The molecule has 120 valence electrons. The molecule has 0 saturated heterocycles. The van der Waals surface area contributed by atoms with Crippen LogP contribution in [-0.4, -0.2) is 23.1 Å². The lowest BCUT2D eigenvalue weighted by atomic mass is 9.82. The molecule has 1 unspecified atom stereocenters. The molecule has 1 fully saturated rings. The number of nitrogens with zero attached hydrogens (tertiary/aromatic N) is 1. The predicted octanol–water partition coefficient (Wildman–Crippen LogP) is 4.02. The van der Waals surface area contributed by atoms with Crippen molar-refractivity contribution >= 4 is 23.3 Å². The molecule has 0 aromatic heterocycles. The van der Waals surface area contributed by atoms with E-state index in [9.17, 15) is 14.9 Å². The number of methoxy groups -OCH3 is 1. The summed E-state index contributed by atoms with van der Waals surface area (Å²) in [4.78, 5) is 22.0. The number of aliphatic carboxylic acids is 1. The molecule has 0 heterocycles. The highest BCUT2D eigenvalue weighted by Gasteiger charge is 2.31. The lowest BCUT2D eigenvalue weighted by Gasteiger charge is -2.24. The van der Waals surface area contributed by atoms with Crippen LogP contribution in [0.2, 0.25) is 0 Å². The quantitative estimate of drug-likeness (QED) is 0.501. The van der Waals surface area contributed by atoms with Gasteiger partial charge in [-0.3, -0.25) is 14.9 Å². The Bertz CT molecular complexity index is 584. The van der Waals surface area contributed by atoms with Gasteiger partial charge in [-0.15, -0.1) is 11.6 Å². The van der Waals surface area contributed by atoms with Gasteiger partial charge in [-0.1, -0.05) is 19.3 Å². The molecule has 0 bridgehead atoms. The van der Waals surface area contributed by atoms with E-state index in [0.717, 1.165) is 32.1 Å². The molecule has 1 aliphatic rings. The number of rotatable bonds is 5. The van der Waals surface area contributed by atoms with Gasteiger partial charge in [0, 0.05) is 6.07 Å². The molecular formula is C15H18ClNO5. The first-order valence-electron chi connectivity index (χ1n) is 7.18. The van der Waals surface area contributed by atoms with Gasteiger partial charge in [-0.2, -0.15) is 0 Å². The van der Waals surface area contributed by atoms with E-state index in [2.05, 4.69) is 0 Å². The van der Waals surface area contributed by atoms with Crippen molar-refractivity contribution in [2.45, 2.75) is 43.4 Å². The van der Waals surface area contributed by atoms with Gasteiger partial charge in [0.15, 0.2) is 5.38 Å². The summed E-state index contributed by atoms with van der Waals surface area (Å²) < 4.78 is 5.30. The van der Waals surface area contributed by atoms with Crippen LogP contribution in [-0.2, 0) is 4.79 Å². The van der Waals surface area contributed by atoms with Crippen LogP contribution < -0.4 is 4.74 Å². The molecular weight excluding hydrogens is 310 g/mol. The summed E-state index contributed by atoms with van der Waals surface area (Å²) in [6.07, 6.45) is 4.94. The fourth-order valence-electron chi connectivity index (χ4n) is 3.04. The van der Waals surface area contributed by atoms with Crippen LogP contribution in [0.25, 0.3) is 0 Å². The van der Waals surface area contributed by atoms with Crippen molar-refractivity contribution in [3.05, 3.63) is 33.4 Å². The molecule has 0 radical (unpaired) electrons. The molecule has 22 heavy (non-hydrogen) atoms. The molecule has 0 spiro atoms. The number of carboxylic acid groups (broad SMARTS) is 1. The number of halogens is 1. The molecule has 0 aliphatic heterocycles. The minimum atomic E-state index is -1.34. The largest absolute Gasteiger partial charge is 0.496 e. The van der Waals surface area contributed by atoms with Gasteiger partial charge in [-0.05, 0) is 30.4 Å². The van der Waals surface area contributed by atoms with E-state index in [1.807, 2.05) is 0 Å². The number of nitro benzene ring substituents is 1. The first-order chi connectivity index (χ1) is 10.5. The summed E-state index contributed by atoms with van der Waals surface area (Å²) in [5, 5.41) is 19.1. The normalized spacial score (nSPS) is 17.0. The Hall–Kier alpha value is -1.82. The number of carboxylic acids is 1. The van der Waals surface area contributed by atoms with Crippen molar-refractivity contribution in [2.75, 3.05) is 7.11 Å². The van der Waals surface area contributed by atoms with Crippen molar-refractivity contribution in [2.24, 2.45) is 0 Å². The van der Waals surface area contributed by atoms with E-state index < -0.39 is 16.3 Å². The van der Waals surface area contributed by atoms with E-state index in [1.165, 1.54) is 19.2 Å². The maximum Gasteiger partial charge on any atom is 0.326 e. The summed E-state index contributed by atoms with van der Waals surface area (Å²) >= 11 is 5.81. The zero-order valence-electron chi connectivity index (χ0n) is 12.3. The number of carbonyl (C=O) groups is 1.